The number of amides is 1. The zero-order valence-electron chi connectivity index (χ0n) is 20.5. The number of halogens is 3. The average Bonchev–Trinajstić information content (AvgIpc) is 3.18. The topological polar surface area (TPSA) is 97.8 Å². The van der Waals surface area contributed by atoms with Crippen LogP contribution in [-0.2, 0) is 10.9 Å². The highest BCUT2D eigenvalue weighted by Gasteiger charge is 2.34. The Morgan fingerprint density at radius 2 is 2.03 bits per heavy atom. The van der Waals surface area contributed by atoms with Gasteiger partial charge in [-0.05, 0) is 70.2 Å². The van der Waals surface area contributed by atoms with Crippen LogP contribution in [0.15, 0.2) is 35.5 Å². The predicted molar refractivity (Wildman–Crippen MR) is 132 cm³/mol. The zero-order valence-corrected chi connectivity index (χ0v) is 21.3. The summed E-state index contributed by atoms with van der Waals surface area (Å²) in [5, 5.41) is 2.94. The second-order valence-corrected chi connectivity index (χ2v) is 11.0. The summed E-state index contributed by atoms with van der Waals surface area (Å²) in [7, 11) is 0. The summed E-state index contributed by atoms with van der Waals surface area (Å²) in [6.07, 6.45) is -0.872. The summed E-state index contributed by atoms with van der Waals surface area (Å²) >= 11 is 1.54. The first kappa shape index (κ1) is 26.1. The van der Waals surface area contributed by atoms with E-state index < -0.39 is 23.6 Å². The molecule has 0 aliphatic carbocycles. The number of imidazole rings is 1. The van der Waals surface area contributed by atoms with Gasteiger partial charge in [0.05, 0.1) is 11.9 Å². The van der Waals surface area contributed by atoms with Gasteiger partial charge in [-0.3, -0.25) is 4.40 Å². The number of ether oxygens (including phenoxy) is 1. The second-order valence-electron chi connectivity index (χ2n) is 9.79. The van der Waals surface area contributed by atoms with Gasteiger partial charge in [-0.15, -0.1) is 0 Å². The molecule has 0 saturated carbocycles. The average molecular weight is 523 g/mol. The molecular formula is C24H29F3N6O2S. The maximum atomic E-state index is 13.3. The van der Waals surface area contributed by atoms with Crippen LogP contribution >= 0.6 is 11.9 Å². The number of alkyl carbamates (subject to hydrolysis) is 1. The molecular weight excluding hydrogens is 493 g/mol. The lowest BCUT2D eigenvalue weighted by Crippen LogP contribution is -2.47. The maximum absolute atomic E-state index is 13.3. The van der Waals surface area contributed by atoms with Gasteiger partial charge in [-0.2, -0.15) is 13.2 Å². The molecule has 3 heterocycles. The molecule has 36 heavy (non-hydrogen) atoms. The molecule has 1 unspecified atom stereocenters. The lowest BCUT2D eigenvalue weighted by Gasteiger charge is -2.32. The first-order valence-corrected chi connectivity index (χ1v) is 12.3. The molecule has 1 amide bonds. The minimum Gasteiger partial charge on any atom is -0.444 e. The number of alkyl halides is 3. The number of nitrogens with two attached hydrogens (primary N) is 1. The van der Waals surface area contributed by atoms with Gasteiger partial charge in [-0.25, -0.2) is 19.1 Å². The van der Waals surface area contributed by atoms with Crippen LogP contribution in [0, 0.1) is 6.92 Å². The molecule has 1 saturated heterocycles. The first-order valence-electron chi connectivity index (χ1n) is 11.5. The fourth-order valence-corrected chi connectivity index (χ4v) is 5.12. The van der Waals surface area contributed by atoms with Crippen LogP contribution in [0.2, 0.25) is 0 Å². The van der Waals surface area contributed by atoms with Crippen molar-refractivity contribution in [2.75, 3.05) is 18.8 Å². The van der Waals surface area contributed by atoms with Crippen molar-refractivity contribution < 1.29 is 22.7 Å². The molecule has 4 rings (SSSR count). The number of hydrogen-bond acceptors (Lipinski definition) is 7. The van der Waals surface area contributed by atoms with Gasteiger partial charge in [0.15, 0.2) is 17.2 Å². The van der Waals surface area contributed by atoms with Crippen molar-refractivity contribution in [3.8, 4) is 11.3 Å². The number of anilines is 1. The van der Waals surface area contributed by atoms with Gasteiger partial charge >= 0.3 is 12.3 Å². The van der Waals surface area contributed by atoms with Gasteiger partial charge in [0.2, 0.25) is 0 Å². The summed E-state index contributed by atoms with van der Waals surface area (Å²) < 4.78 is 48.9. The van der Waals surface area contributed by atoms with E-state index in [0.29, 0.717) is 12.2 Å². The molecule has 194 valence electrons. The number of rotatable bonds is 4. The van der Waals surface area contributed by atoms with Crippen molar-refractivity contribution in [3.63, 3.8) is 0 Å². The molecule has 0 radical (unpaired) electrons. The Hall–Kier alpha value is -2.99. The fraction of sp³-hybridized carbons (Fsp3) is 0.458. The molecule has 12 heteroatoms. The van der Waals surface area contributed by atoms with Crippen LogP contribution in [-0.4, -0.2) is 49.5 Å². The van der Waals surface area contributed by atoms with E-state index in [4.69, 9.17) is 10.5 Å². The van der Waals surface area contributed by atoms with E-state index in [1.165, 1.54) is 22.5 Å². The number of nitrogen functional groups attached to an aromatic ring is 1. The fourth-order valence-electron chi connectivity index (χ4n) is 4.05. The SMILES string of the molecule is Cc1ccc(SN2CCCC(NC(=O)OC(C)(C)C)C2)cc1-c1cnc2c(N)nc(C(F)(F)F)cn12. The number of benzene rings is 1. The van der Waals surface area contributed by atoms with Crippen LogP contribution in [0.4, 0.5) is 23.8 Å². The van der Waals surface area contributed by atoms with Crippen molar-refractivity contribution in [2.45, 2.75) is 63.3 Å². The first-order chi connectivity index (χ1) is 16.8. The molecule has 1 aliphatic heterocycles. The molecule has 8 nitrogen and oxygen atoms in total. The van der Waals surface area contributed by atoms with Crippen molar-refractivity contribution in [1.82, 2.24) is 24.0 Å². The Balaban J connectivity index is 1.55. The molecule has 0 bridgehead atoms. The van der Waals surface area contributed by atoms with Gasteiger partial charge < -0.3 is 15.8 Å². The largest absolute Gasteiger partial charge is 0.444 e. The molecule has 0 spiro atoms. The van der Waals surface area contributed by atoms with Crippen molar-refractivity contribution in [2.24, 2.45) is 0 Å². The highest BCUT2D eigenvalue weighted by molar-refractivity contribution is 7.97. The highest BCUT2D eigenvalue weighted by Crippen LogP contribution is 2.34. The van der Waals surface area contributed by atoms with Crippen LogP contribution in [0.1, 0.15) is 44.9 Å². The molecule has 1 fully saturated rings. The summed E-state index contributed by atoms with van der Waals surface area (Å²) in [5.41, 5.74) is 6.42. The van der Waals surface area contributed by atoms with E-state index in [9.17, 15) is 18.0 Å². The quantitative estimate of drug-likeness (QED) is 0.449. The standard InChI is InChI=1S/C24H29F3N6O2S/c1-14-7-8-16(36-32-9-5-6-15(12-32)30-22(34)35-23(2,3)4)10-17(14)18-11-29-21-20(28)31-19(13-33(18)21)24(25,26)27/h7-8,10-11,13,15H,5-6,9,12H2,1-4H3,(H2,28,31)(H,30,34). The Bertz CT molecular complexity index is 1270. The van der Waals surface area contributed by atoms with Gasteiger partial charge in [-0.1, -0.05) is 6.07 Å². The van der Waals surface area contributed by atoms with E-state index >= 15 is 0 Å². The van der Waals surface area contributed by atoms with E-state index in [2.05, 4.69) is 19.6 Å². The van der Waals surface area contributed by atoms with Crippen LogP contribution < -0.4 is 11.1 Å². The molecule has 1 aliphatic rings. The van der Waals surface area contributed by atoms with Crippen LogP contribution in [0.5, 0.6) is 0 Å². The summed E-state index contributed by atoms with van der Waals surface area (Å²) in [4.78, 5) is 20.8. The van der Waals surface area contributed by atoms with Crippen LogP contribution in [0.25, 0.3) is 16.9 Å². The summed E-state index contributed by atoms with van der Waals surface area (Å²) in [6, 6.07) is 5.78. The third-order valence-corrected chi connectivity index (χ3v) is 6.69. The Labute approximate surface area is 211 Å². The Kier molecular flexibility index (Phi) is 7.11. The zero-order chi connectivity index (χ0) is 26.3. The van der Waals surface area contributed by atoms with E-state index in [1.807, 2.05) is 45.9 Å². The highest BCUT2D eigenvalue weighted by atomic mass is 32.2. The minimum atomic E-state index is -4.63. The number of hydrogen-bond donors (Lipinski definition) is 2. The predicted octanol–water partition coefficient (Wildman–Crippen LogP) is 5.30. The lowest BCUT2D eigenvalue weighted by molar-refractivity contribution is -0.141. The number of aromatic nitrogens is 3. The Morgan fingerprint density at radius 3 is 2.72 bits per heavy atom. The van der Waals surface area contributed by atoms with Gasteiger partial charge in [0, 0.05) is 35.8 Å². The number of nitrogens with one attached hydrogen (secondary N) is 1. The van der Waals surface area contributed by atoms with E-state index in [-0.39, 0.29) is 17.5 Å². The smallest absolute Gasteiger partial charge is 0.434 e. The number of aryl methyl sites for hydroxylation is 1. The van der Waals surface area contributed by atoms with E-state index in [1.54, 1.807) is 0 Å². The summed E-state index contributed by atoms with van der Waals surface area (Å²) in [6.45, 7) is 8.84. The third-order valence-electron chi connectivity index (χ3n) is 5.63. The van der Waals surface area contributed by atoms with E-state index in [0.717, 1.165) is 41.6 Å². The molecule has 2 aromatic heterocycles. The maximum Gasteiger partial charge on any atom is 0.434 e. The number of carbonyl (C=O) groups excluding carboxylic acids is 1. The normalized spacial score (nSPS) is 17.4. The number of piperidine rings is 1. The molecule has 3 aromatic rings. The lowest BCUT2D eigenvalue weighted by atomic mass is 10.1. The molecule has 1 atom stereocenters. The minimum absolute atomic E-state index is 0.0407. The second kappa shape index (κ2) is 9.81. The summed E-state index contributed by atoms with van der Waals surface area (Å²) in [5.74, 6) is -0.281. The monoisotopic (exact) mass is 522 g/mol. The number of nitrogens with zero attached hydrogens (tertiary/aromatic N) is 4. The number of fused-ring (bicyclic) bond motifs is 1. The van der Waals surface area contributed by atoms with Gasteiger partial charge in [0.25, 0.3) is 0 Å². The third kappa shape index (κ3) is 6.04. The molecule has 3 N–H and O–H groups in total. The van der Waals surface area contributed by atoms with Crippen molar-refractivity contribution >= 4 is 29.5 Å². The van der Waals surface area contributed by atoms with Crippen LogP contribution in [0.3, 0.4) is 0 Å². The number of carbonyl (C=O) groups is 1. The van der Waals surface area contributed by atoms with Crippen molar-refractivity contribution in [3.05, 3.63) is 41.9 Å². The van der Waals surface area contributed by atoms with Gasteiger partial charge in [0.1, 0.15) is 5.60 Å². The Morgan fingerprint density at radius 1 is 1.28 bits per heavy atom. The van der Waals surface area contributed by atoms with Crippen molar-refractivity contribution in [1.29, 1.82) is 0 Å². The molecule has 1 aromatic carbocycles.